The fraction of sp³-hybridized carbons (Fsp3) is 0.500. The van der Waals surface area contributed by atoms with Crippen molar-refractivity contribution in [3.8, 4) is 11.5 Å². The molecule has 1 fully saturated rings. The van der Waals surface area contributed by atoms with E-state index in [9.17, 15) is 8.42 Å². The van der Waals surface area contributed by atoms with Gasteiger partial charge in [-0.2, -0.15) is 0 Å². The normalized spacial score (nSPS) is 17.8. The van der Waals surface area contributed by atoms with Gasteiger partial charge < -0.3 is 14.4 Å². The van der Waals surface area contributed by atoms with Crippen LogP contribution in [0.15, 0.2) is 41.3 Å². The molecule has 4 rings (SSSR count). The fourth-order valence-electron chi connectivity index (χ4n) is 4.75. The Labute approximate surface area is 191 Å². The molecule has 0 bridgehead atoms. The van der Waals surface area contributed by atoms with E-state index in [-0.39, 0.29) is 16.7 Å². The van der Waals surface area contributed by atoms with Gasteiger partial charge in [-0.25, -0.2) is 13.1 Å². The molecule has 2 heterocycles. The molecule has 0 aromatic heterocycles. The molecule has 1 N–H and O–H groups in total. The molecule has 0 saturated carbocycles. The summed E-state index contributed by atoms with van der Waals surface area (Å²) in [5.41, 5.74) is 3.78. The van der Waals surface area contributed by atoms with Gasteiger partial charge in [0.05, 0.1) is 14.2 Å². The molecule has 7 nitrogen and oxygen atoms in total. The van der Waals surface area contributed by atoms with Crippen LogP contribution in [0.5, 0.6) is 11.5 Å². The van der Waals surface area contributed by atoms with Crippen molar-refractivity contribution in [2.45, 2.75) is 36.6 Å². The van der Waals surface area contributed by atoms with Gasteiger partial charge in [0.1, 0.15) is 16.4 Å². The second-order valence-electron chi connectivity index (χ2n) is 8.54. The third-order valence-corrected chi connectivity index (χ3v) is 8.04. The maximum absolute atomic E-state index is 13.2. The molecule has 0 radical (unpaired) electrons. The number of sulfonamides is 1. The number of benzene rings is 2. The van der Waals surface area contributed by atoms with Crippen LogP contribution in [0.2, 0.25) is 0 Å². The van der Waals surface area contributed by atoms with Crippen LogP contribution >= 0.6 is 0 Å². The Morgan fingerprint density at radius 2 is 1.78 bits per heavy atom. The fourth-order valence-corrected chi connectivity index (χ4v) is 5.93. The summed E-state index contributed by atoms with van der Waals surface area (Å²) in [6.07, 6.45) is 4.54. The third kappa shape index (κ3) is 4.72. The highest BCUT2D eigenvalue weighted by molar-refractivity contribution is 7.89. The monoisotopic (exact) mass is 459 g/mol. The summed E-state index contributed by atoms with van der Waals surface area (Å²) in [7, 11) is 1.36. The van der Waals surface area contributed by atoms with Gasteiger partial charge in [0.15, 0.2) is 0 Å². The Hall–Kier alpha value is -2.29. The van der Waals surface area contributed by atoms with Gasteiger partial charge in [-0.1, -0.05) is 18.6 Å². The molecular formula is C24H33N3O4S. The number of rotatable bonds is 8. The largest absolute Gasteiger partial charge is 0.497 e. The second kappa shape index (κ2) is 9.68. The third-order valence-electron chi connectivity index (χ3n) is 6.57. The second-order valence-corrected chi connectivity index (χ2v) is 10.3. The first-order valence-corrected chi connectivity index (χ1v) is 12.7. The van der Waals surface area contributed by atoms with Gasteiger partial charge in [-0.3, -0.25) is 4.90 Å². The molecule has 0 spiro atoms. The van der Waals surface area contributed by atoms with Crippen LogP contribution in [0.3, 0.4) is 0 Å². The van der Waals surface area contributed by atoms with Crippen molar-refractivity contribution in [2.24, 2.45) is 0 Å². The molecule has 1 atom stereocenters. The molecule has 8 heteroatoms. The molecule has 2 aromatic carbocycles. The van der Waals surface area contributed by atoms with Crippen molar-refractivity contribution in [3.63, 3.8) is 0 Å². The number of methoxy groups -OCH3 is 2. The minimum absolute atomic E-state index is 0.00877. The Morgan fingerprint density at radius 1 is 1.00 bits per heavy atom. The summed E-state index contributed by atoms with van der Waals surface area (Å²) in [6, 6.07) is 11.3. The minimum Gasteiger partial charge on any atom is -0.497 e. The maximum atomic E-state index is 13.2. The lowest BCUT2D eigenvalue weighted by Crippen LogP contribution is -2.40. The number of hydrogen-bond acceptors (Lipinski definition) is 6. The lowest BCUT2D eigenvalue weighted by molar-refractivity contribution is 0.164. The number of nitrogens with one attached hydrogen (secondary N) is 1. The molecule has 2 aliphatic rings. The zero-order valence-corrected chi connectivity index (χ0v) is 20.0. The van der Waals surface area contributed by atoms with Crippen molar-refractivity contribution in [1.29, 1.82) is 0 Å². The van der Waals surface area contributed by atoms with Crippen LogP contribution in [-0.4, -0.2) is 60.8 Å². The van der Waals surface area contributed by atoms with Gasteiger partial charge in [0.2, 0.25) is 10.0 Å². The highest BCUT2D eigenvalue weighted by atomic mass is 32.2. The number of likely N-dealkylation sites (N-methyl/N-ethyl adjacent to an activating group) is 1. The van der Waals surface area contributed by atoms with E-state index in [0.717, 1.165) is 38.9 Å². The average Bonchev–Trinajstić information content (AvgIpc) is 3.19. The molecule has 2 aliphatic heterocycles. The number of anilines is 1. The van der Waals surface area contributed by atoms with Crippen LogP contribution in [0.4, 0.5) is 5.69 Å². The van der Waals surface area contributed by atoms with Gasteiger partial charge >= 0.3 is 0 Å². The van der Waals surface area contributed by atoms with Gasteiger partial charge in [-0.15, -0.1) is 0 Å². The SMILES string of the molecule is COc1ccc(S(=O)(=O)NCC(c2ccc3c(c2)CCN3C)N2CCCCC2)c(OC)c1. The van der Waals surface area contributed by atoms with Gasteiger partial charge in [0.25, 0.3) is 0 Å². The summed E-state index contributed by atoms with van der Waals surface area (Å²) in [4.78, 5) is 4.81. The van der Waals surface area contributed by atoms with E-state index < -0.39 is 10.0 Å². The number of fused-ring (bicyclic) bond motifs is 1. The predicted octanol–water partition coefficient (Wildman–Crippen LogP) is 3.20. The number of likely N-dealkylation sites (tertiary alicyclic amines) is 1. The number of hydrogen-bond donors (Lipinski definition) is 1. The Morgan fingerprint density at radius 3 is 2.50 bits per heavy atom. The Balaban J connectivity index is 1.59. The zero-order chi connectivity index (χ0) is 22.7. The van der Waals surface area contributed by atoms with E-state index in [1.807, 2.05) is 0 Å². The summed E-state index contributed by atoms with van der Waals surface area (Å²) in [5, 5.41) is 0. The standard InChI is InChI=1S/C24H33N3O4S/c1-26-14-11-19-15-18(7-9-21(19)26)22(27-12-5-4-6-13-27)17-25-32(28,29)24-10-8-20(30-2)16-23(24)31-3/h7-10,15-16,22,25H,4-6,11-14,17H2,1-3H3. The Kier molecular flexibility index (Phi) is 6.93. The lowest BCUT2D eigenvalue weighted by Gasteiger charge is -2.35. The Bertz CT molecular complexity index is 1050. The number of ether oxygens (including phenoxy) is 2. The summed E-state index contributed by atoms with van der Waals surface area (Å²) in [5.74, 6) is 0.821. The summed E-state index contributed by atoms with van der Waals surface area (Å²) in [6.45, 7) is 3.30. The van der Waals surface area contributed by atoms with E-state index in [4.69, 9.17) is 9.47 Å². The number of nitrogens with zero attached hydrogens (tertiary/aromatic N) is 2. The first-order chi connectivity index (χ1) is 15.4. The molecule has 1 unspecified atom stereocenters. The van der Waals surface area contributed by atoms with Crippen molar-refractivity contribution in [2.75, 3.05) is 52.3 Å². The molecule has 174 valence electrons. The van der Waals surface area contributed by atoms with E-state index in [0.29, 0.717) is 12.3 Å². The molecular weight excluding hydrogens is 426 g/mol. The first kappa shape index (κ1) is 22.9. The molecule has 2 aromatic rings. The minimum atomic E-state index is -3.76. The van der Waals surface area contributed by atoms with Gasteiger partial charge in [-0.05, 0) is 61.7 Å². The molecule has 1 saturated heterocycles. The highest BCUT2D eigenvalue weighted by Gasteiger charge is 2.28. The van der Waals surface area contributed by atoms with E-state index in [2.05, 4.69) is 39.8 Å². The van der Waals surface area contributed by atoms with Crippen LogP contribution in [0, 0.1) is 0 Å². The van der Waals surface area contributed by atoms with Crippen molar-refractivity contribution in [3.05, 3.63) is 47.5 Å². The van der Waals surface area contributed by atoms with Crippen LogP contribution in [0.25, 0.3) is 0 Å². The smallest absolute Gasteiger partial charge is 0.244 e. The topological polar surface area (TPSA) is 71.1 Å². The average molecular weight is 460 g/mol. The highest BCUT2D eigenvalue weighted by Crippen LogP contribution is 2.33. The van der Waals surface area contributed by atoms with Crippen molar-refractivity contribution < 1.29 is 17.9 Å². The predicted molar refractivity (Wildman–Crippen MR) is 126 cm³/mol. The molecule has 0 aliphatic carbocycles. The molecule has 0 amide bonds. The van der Waals surface area contributed by atoms with Crippen molar-refractivity contribution in [1.82, 2.24) is 9.62 Å². The van der Waals surface area contributed by atoms with E-state index >= 15 is 0 Å². The first-order valence-electron chi connectivity index (χ1n) is 11.2. The number of piperidine rings is 1. The lowest BCUT2D eigenvalue weighted by atomic mass is 9.99. The van der Waals surface area contributed by atoms with Gasteiger partial charge in [0, 0.05) is 37.9 Å². The van der Waals surface area contributed by atoms with Crippen LogP contribution < -0.4 is 19.1 Å². The van der Waals surface area contributed by atoms with Crippen LogP contribution in [0.1, 0.15) is 36.4 Å². The van der Waals surface area contributed by atoms with E-state index in [1.165, 1.54) is 36.4 Å². The maximum Gasteiger partial charge on any atom is 0.244 e. The van der Waals surface area contributed by atoms with Crippen LogP contribution in [-0.2, 0) is 16.4 Å². The molecule has 32 heavy (non-hydrogen) atoms. The summed E-state index contributed by atoms with van der Waals surface area (Å²) < 4.78 is 39.8. The van der Waals surface area contributed by atoms with Crippen molar-refractivity contribution >= 4 is 15.7 Å². The summed E-state index contributed by atoms with van der Waals surface area (Å²) >= 11 is 0. The van der Waals surface area contributed by atoms with E-state index in [1.54, 1.807) is 19.2 Å². The quantitative estimate of drug-likeness (QED) is 0.654. The zero-order valence-electron chi connectivity index (χ0n) is 19.1.